The van der Waals surface area contributed by atoms with Crippen LogP contribution in [0.15, 0.2) is 35.9 Å². The molecule has 4 rings (SSSR count). The largest absolute Gasteiger partial charge is 0.493 e. The number of nitrogens with one attached hydrogen (secondary N) is 1. The van der Waals surface area contributed by atoms with E-state index in [-0.39, 0.29) is 31.7 Å². The number of amides is 2. The van der Waals surface area contributed by atoms with E-state index in [1.807, 2.05) is 6.92 Å². The van der Waals surface area contributed by atoms with Crippen molar-refractivity contribution in [3.63, 3.8) is 0 Å². The van der Waals surface area contributed by atoms with Gasteiger partial charge in [0.15, 0.2) is 11.5 Å². The van der Waals surface area contributed by atoms with Crippen LogP contribution in [0.4, 0.5) is 0 Å². The summed E-state index contributed by atoms with van der Waals surface area (Å²) in [4.78, 5) is 28.4. The van der Waals surface area contributed by atoms with E-state index >= 15 is 0 Å². The van der Waals surface area contributed by atoms with Crippen LogP contribution < -0.4 is 14.8 Å². The first kappa shape index (κ1) is 26.2. The smallest absolute Gasteiger partial charge is 0.247 e. The van der Waals surface area contributed by atoms with Crippen LogP contribution in [-0.4, -0.2) is 76.6 Å². The molecule has 1 aromatic rings. The minimum atomic E-state index is -1.10. The van der Waals surface area contributed by atoms with Crippen LogP contribution in [0.25, 0.3) is 0 Å². The van der Waals surface area contributed by atoms with Crippen molar-refractivity contribution >= 4 is 11.8 Å². The molecular formula is C27H36N2O7. The molecule has 0 radical (unpaired) electrons. The number of benzene rings is 1. The molecule has 1 heterocycles. The molecule has 2 amide bonds. The lowest BCUT2D eigenvalue weighted by molar-refractivity contribution is -0.135. The number of aliphatic hydroxyl groups is 3. The van der Waals surface area contributed by atoms with Gasteiger partial charge in [-0.1, -0.05) is 25.8 Å². The topological polar surface area (TPSA) is 129 Å². The lowest BCUT2D eigenvalue weighted by Crippen LogP contribution is -2.57. The second-order valence-electron chi connectivity index (χ2n) is 9.51. The number of methoxy groups -OCH3 is 1. The highest BCUT2D eigenvalue weighted by Gasteiger charge is 2.52. The Bertz CT molecular complexity index is 1030. The molecule has 1 aliphatic heterocycles. The number of rotatable bonds is 9. The van der Waals surface area contributed by atoms with Crippen molar-refractivity contribution in [1.82, 2.24) is 10.2 Å². The molecule has 196 valence electrons. The molecule has 9 nitrogen and oxygen atoms in total. The molecule has 9 heteroatoms. The van der Waals surface area contributed by atoms with Crippen molar-refractivity contribution < 1.29 is 34.4 Å². The van der Waals surface area contributed by atoms with Crippen LogP contribution in [0.5, 0.6) is 11.5 Å². The van der Waals surface area contributed by atoms with Crippen LogP contribution in [0.3, 0.4) is 0 Å². The fourth-order valence-electron chi connectivity index (χ4n) is 5.65. The zero-order valence-electron chi connectivity index (χ0n) is 20.9. The fourth-order valence-corrected chi connectivity index (χ4v) is 5.65. The molecule has 0 bridgehead atoms. The molecule has 4 atom stereocenters. The number of ether oxygens (including phenoxy) is 2. The Morgan fingerprint density at radius 3 is 2.64 bits per heavy atom. The Kier molecular flexibility index (Phi) is 8.33. The zero-order chi connectivity index (χ0) is 25.8. The highest BCUT2D eigenvalue weighted by molar-refractivity contribution is 5.96. The maximum atomic E-state index is 13.4. The maximum absolute atomic E-state index is 13.4. The summed E-state index contributed by atoms with van der Waals surface area (Å²) in [5, 5.41) is 33.4. The monoisotopic (exact) mass is 500 g/mol. The van der Waals surface area contributed by atoms with Crippen LogP contribution in [0.2, 0.25) is 0 Å². The van der Waals surface area contributed by atoms with Crippen molar-refractivity contribution in [3.05, 3.63) is 47.1 Å². The molecule has 0 saturated heterocycles. The first-order chi connectivity index (χ1) is 17.4. The van der Waals surface area contributed by atoms with E-state index in [2.05, 4.69) is 5.32 Å². The molecule has 0 unspecified atom stereocenters. The van der Waals surface area contributed by atoms with Crippen molar-refractivity contribution in [2.75, 3.05) is 20.3 Å². The average molecular weight is 501 g/mol. The molecule has 2 aliphatic carbocycles. The van der Waals surface area contributed by atoms with Gasteiger partial charge in [0.1, 0.15) is 12.2 Å². The summed E-state index contributed by atoms with van der Waals surface area (Å²) in [6.45, 7) is 1.57. The van der Waals surface area contributed by atoms with Gasteiger partial charge in [-0.15, -0.1) is 0 Å². The fraction of sp³-hybridized carbons (Fsp3) is 0.556. The van der Waals surface area contributed by atoms with Gasteiger partial charge in [-0.3, -0.25) is 9.59 Å². The Morgan fingerprint density at radius 2 is 2.00 bits per heavy atom. The molecule has 1 saturated carbocycles. The molecule has 0 spiro atoms. The van der Waals surface area contributed by atoms with Crippen molar-refractivity contribution in [3.8, 4) is 11.5 Å². The molecule has 4 N–H and O–H groups in total. The van der Waals surface area contributed by atoms with Gasteiger partial charge in [-0.25, -0.2) is 0 Å². The van der Waals surface area contributed by atoms with Crippen molar-refractivity contribution in [1.29, 1.82) is 0 Å². The van der Waals surface area contributed by atoms with E-state index in [1.54, 1.807) is 29.2 Å². The second-order valence-corrected chi connectivity index (χ2v) is 9.51. The number of carbonyl (C=O) groups excluding carboxylic acids is 2. The van der Waals surface area contributed by atoms with Gasteiger partial charge in [-0.2, -0.15) is 0 Å². The first-order valence-electron chi connectivity index (χ1n) is 12.7. The third-order valence-corrected chi connectivity index (χ3v) is 7.28. The lowest BCUT2D eigenvalue weighted by Gasteiger charge is -2.42. The normalized spacial score (nSPS) is 25.2. The van der Waals surface area contributed by atoms with Gasteiger partial charge in [0.2, 0.25) is 11.8 Å². The highest BCUT2D eigenvalue weighted by atomic mass is 16.5. The summed E-state index contributed by atoms with van der Waals surface area (Å²) in [7, 11) is 1.49. The number of fused-ring (bicyclic) bond motifs is 3. The number of carbonyl (C=O) groups is 2. The van der Waals surface area contributed by atoms with E-state index in [4.69, 9.17) is 9.47 Å². The van der Waals surface area contributed by atoms with E-state index in [0.717, 1.165) is 25.7 Å². The lowest BCUT2D eigenvalue weighted by atomic mass is 9.77. The van der Waals surface area contributed by atoms with Crippen molar-refractivity contribution in [2.45, 2.75) is 75.8 Å². The van der Waals surface area contributed by atoms with E-state index in [9.17, 15) is 24.9 Å². The van der Waals surface area contributed by atoms with Gasteiger partial charge in [0.05, 0.1) is 32.3 Å². The Labute approximate surface area is 211 Å². The van der Waals surface area contributed by atoms with Crippen LogP contribution in [-0.2, 0) is 16.2 Å². The molecule has 36 heavy (non-hydrogen) atoms. The van der Waals surface area contributed by atoms with Crippen LogP contribution in [0, 0.1) is 0 Å². The Balaban J connectivity index is 1.82. The summed E-state index contributed by atoms with van der Waals surface area (Å²) < 4.78 is 11.7. The average Bonchev–Trinajstić information content (AvgIpc) is 3.55. The van der Waals surface area contributed by atoms with E-state index in [1.165, 1.54) is 13.2 Å². The molecule has 0 aromatic heterocycles. The van der Waals surface area contributed by atoms with Gasteiger partial charge in [0.25, 0.3) is 0 Å². The van der Waals surface area contributed by atoms with E-state index in [0.29, 0.717) is 34.6 Å². The number of allylic oxidation sites excluding steroid dienone is 1. The summed E-state index contributed by atoms with van der Waals surface area (Å²) in [5.41, 5.74) is 1.58. The SMILES string of the molecule is CCC=CC(=O)N(C1CCCC1)[C@@H]1C=C(C(=O)NCCO)[C@@H]2c3cc(CO)cc(OC)c3O[C@@H]2[C@H]1O. The van der Waals surface area contributed by atoms with Crippen LogP contribution in [0.1, 0.15) is 56.1 Å². The Hall–Kier alpha value is -2.88. The third-order valence-electron chi connectivity index (χ3n) is 7.28. The number of hydrogen-bond acceptors (Lipinski definition) is 7. The van der Waals surface area contributed by atoms with Gasteiger partial charge < -0.3 is 35.0 Å². The second kappa shape index (κ2) is 11.5. The summed E-state index contributed by atoms with van der Waals surface area (Å²) >= 11 is 0. The quantitative estimate of drug-likeness (QED) is 0.379. The maximum Gasteiger partial charge on any atom is 0.247 e. The molecule has 1 fully saturated rings. The molecular weight excluding hydrogens is 464 g/mol. The number of hydrogen-bond donors (Lipinski definition) is 4. The number of nitrogens with zero attached hydrogens (tertiary/aromatic N) is 1. The third kappa shape index (κ3) is 4.87. The predicted molar refractivity (Wildman–Crippen MR) is 133 cm³/mol. The number of aliphatic hydroxyl groups excluding tert-OH is 3. The predicted octanol–water partition coefficient (Wildman–Crippen LogP) is 1.55. The van der Waals surface area contributed by atoms with Crippen LogP contribution >= 0.6 is 0 Å². The summed E-state index contributed by atoms with van der Waals surface area (Å²) in [6.07, 6.45) is 7.45. The highest BCUT2D eigenvalue weighted by Crippen LogP contribution is 2.51. The summed E-state index contributed by atoms with van der Waals surface area (Å²) in [5.74, 6) is -0.414. The molecule has 3 aliphatic rings. The minimum absolute atomic E-state index is 0.0486. The standard InChI is InChI=1S/C27H36N2O7/c1-3-4-9-22(32)29(17-7-5-6-8-17)20-14-19(27(34)28-10-11-30)23-18-12-16(15-31)13-21(35-2)25(18)36-26(23)24(20)33/h4,9,12-14,17,20,23-24,26,30-31,33H,3,5-8,10-11,15H2,1-2H3,(H,28,34)/t20-,23+,24+,26+/m1/s1. The zero-order valence-corrected chi connectivity index (χ0v) is 20.9. The van der Waals surface area contributed by atoms with Gasteiger partial charge in [-0.05, 0) is 49.1 Å². The van der Waals surface area contributed by atoms with Gasteiger partial charge in [0, 0.05) is 23.7 Å². The summed E-state index contributed by atoms with van der Waals surface area (Å²) in [6, 6.07) is 2.61. The van der Waals surface area contributed by atoms with Gasteiger partial charge >= 0.3 is 0 Å². The molecule has 1 aromatic carbocycles. The van der Waals surface area contributed by atoms with Crippen molar-refractivity contribution in [2.24, 2.45) is 0 Å². The minimum Gasteiger partial charge on any atom is -0.493 e. The first-order valence-corrected chi connectivity index (χ1v) is 12.7. The van der Waals surface area contributed by atoms with E-state index < -0.39 is 30.1 Å². The Morgan fingerprint density at radius 1 is 1.25 bits per heavy atom.